The molecule has 0 aliphatic carbocycles. The van der Waals surface area contributed by atoms with Gasteiger partial charge in [0.1, 0.15) is 0 Å². The van der Waals surface area contributed by atoms with E-state index in [4.69, 9.17) is 21.1 Å². The standard InChI is InChI=1S/C14H13ClN4O2S/c1-20-13-8-14(21-2)18-19(17-13)22-12-5-6-16-11-7-9(15)3-4-10(11)12/h3-8,17H,1-2H3. The van der Waals surface area contributed by atoms with Crippen molar-refractivity contribution in [3.8, 4) is 0 Å². The minimum Gasteiger partial charge on any atom is -0.481 e. The highest BCUT2D eigenvalue weighted by molar-refractivity contribution is 7.97. The van der Waals surface area contributed by atoms with Crippen LogP contribution in [0.25, 0.3) is 10.9 Å². The number of aromatic nitrogens is 1. The highest BCUT2D eigenvalue weighted by Crippen LogP contribution is 2.31. The van der Waals surface area contributed by atoms with Crippen LogP contribution in [-0.4, -0.2) is 29.6 Å². The quantitative estimate of drug-likeness (QED) is 0.869. The fourth-order valence-corrected chi connectivity index (χ4v) is 2.90. The monoisotopic (exact) mass is 336 g/mol. The summed E-state index contributed by atoms with van der Waals surface area (Å²) in [6.45, 7) is 0. The molecular weight excluding hydrogens is 324 g/mol. The number of nitrogens with zero attached hydrogens (tertiary/aromatic N) is 3. The summed E-state index contributed by atoms with van der Waals surface area (Å²) in [6.07, 6.45) is 3.40. The van der Waals surface area contributed by atoms with Gasteiger partial charge in [-0.1, -0.05) is 17.7 Å². The topological polar surface area (TPSA) is 59.0 Å². The minimum atomic E-state index is 0.449. The van der Waals surface area contributed by atoms with Crippen LogP contribution in [0.1, 0.15) is 0 Å². The lowest BCUT2D eigenvalue weighted by atomic mass is 10.2. The molecule has 0 bridgehead atoms. The van der Waals surface area contributed by atoms with Gasteiger partial charge in [-0.15, -0.1) is 9.62 Å². The Bertz CT molecular complexity index is 766. The summed E-state index contributed by atoms with van der Waals surface area (Å²) in [5.41, 5.74) is 3.84. The number of hydrazine groups is 1. The Balaban J connectivity index is 1.90. The third kappa shape index (κ3) is 3.05. The van der Waals surface area contributed by atoms with E-state index in [1.54, 1.807) is 31.0 Å². The number of rotatable bonds is 3. The fraction of sp³-hybridized carbons (Fsp3) is 0.143. The van der Waals surface area contributed by atoms with Gasteiger partial charge in [-0.2, -0.15) is 0 Å². The minimum absolute atomic E-state index is 0.449. The van der Waals surface area contributed by atoms with Crippen molar-refractivity contribution in [1.82, 2.24) is 14.9 Å². The number of hydrogen-bond acceptors (Lipinski definition) is 7. The van der Waals surface area contributed by atoms with Crippen molar-refractivity contribution in [1.29, 1.82) is 0 Å². The second-order valence-corrected chi connectivity index (χ2v) is 5.71. The molecule has 1 aliphatic rings. The van der Waals surface area contributed by atoms with Crippen LogP contribution in [0, 0.1) is 0 Å². The first-order valence-corrected chi connectivity index (χ1v) is 7.52. The second-order valence-electron chi connectivity index (χ2n) is 4.30. The van der Waals surface area contributed by atoms with E-state index in [9.17, 15) is 0 Å². The molecule has 0 amide bonds. The summed E-state index contributed by atoms with van der Waals surface area (Å²) >= 11 is 7.40. The van der Waals surface area contributed by atoms with Crippen LogP contribution >= 0.6 is 23.5 Å². The largest absolute Gasteiger partial charge is 0.481 e. The molecule has 0 saturated heterocycles. The molecule has 0 radical (unpaired) electrons. The number of ether oxygens (including phenoxy) is 2. The summed E-state index contributed by atoms with van der Waals surface area (Å²) in [7, 11) is 3.13. The molecule has 8 heteroatoms. The molecule has 2 heterocycles. The normalized spacial score (nSPS) is 14.2. The molecule has 1 aromatic carbocycles. The van der Waals surface area contributed by atoms with Crippen LogP contribution in [-0.2, 0) is 9.47 Å². The first-order valence-electron chi connectivity index (χ1n) is 6.37. The molecule has 0 spiro atoms. The van der Waals surface area contributed by atoms with Crippen molar-refractivity contribution in [2.45, 2.75) is 4.90 Å². The molecule has 0 saturated carbocycles. The van der Waals surface area contributed by atoms with Gasteiger partial charge in [-0.05, 0) is 18.2 Å². The SMILES string of the molecule is COC1=CC(OC)=NN(Sc2ccnc3cc(Cl)ccc23)N1. The predicted octanol–water partition coefficient (Wildman–Crippen LogP) is 3.16. The molecule has 2 aromatic rings. The summed E-state index contributed by atoms with van der Waals surface area (Å²) in [6, 6.07) is 7.51. The van der Waals surface area contributed by atoms with E-state index < -0.39 is 0 Å². The maximum atomic E-state index is 6.01. The average molecular weight is 337 g/mol. The van der Waals surface area contributed by atoms with Crippen LogP contribution in [0.5, 0.6) is 0 Å². The number of hydrogen-bond donors (Lipinski definition) is 1. The highest BCUT2D eigenvalue weighted by Gasteiger charge is 2.16. The third-order valence-electron chi connectivity index (χ3n) is 2.93. The van der Waals surface area contributed by atoms with Crippen molar-refractivity contribution in [2.75, 3.05) is 14.2 Å². The Morgan fingerprint density at radius 3 is 2.86 bits per heavy atom. The lowest BCUT2D eigenvalue weighted by molar-refractivity contribution is 0.204. The van der Waals surface area contributed by atoms with Gasteiger partial charge in [-0.25, -0.2) is 5.43 Å². The van der Waals surface area contributed by atoms with E-state index >= 15 is 0 Å². The van der Waals surface area contributed by atoms with Gasteiger partial charge in [0, 0.05) is 33.4 Å². The van der Waals surface area contributed by atoms with Crippen LogP contribution < -0.4 is 5.43 Å². The van der Waals surface area contributed by atoms with Gasteiger partial charge in [0.2, 0.25) is 11.8 Å². The highest BCUT2D eigenvalue weighted by atomic mass is 35.5. The molecule has 0 atom stereocenters. The molecule has 0 fully saturated rings. The van der Waals surface area contributed by atoms with Crippen molar-refractivity contribution in [3.63, 3.8) is 0 Å². The van der Waals surface area contributed by atoms with E-state index in [-0.39, 0.29) is 0 Å². The number of nitrogens with one attached hydrogen (secondary N) is 1. The van der Waals surface area contributed by atoms with E-state index in [2.05, 4.69) is 15.5 Å². The van der Waals surface area contributed by atoms with Gasteiger partial charge in [-0.3, -0.25) is 4.98 Å². The van der Waals surface area contributed by atoms with Crippen LogP contribution in [0.15, 0.2) is 52.4 Å². The first kappa shape index (κ1) is 14.8. The lowest BCUT2D eigenvalue weighted by Crippen LogP contribution is -2.33. The number of halogens is 1. The van der Waals surface area contributed by atoms with E-state index in [0.29, 0.717) is 16.8 Å². The van der Waals surface area contributed by atoms with Gasteiger partial charge < -0.3 is 9.47 Å². The number of fused-ring (bicyclic) bond motifs is 1. The molecule has 1 aromatic heterocycles. The van der Waals surface area contributed by atoms with Crippen LogP contribution in [0.2, 0.25) is 5.02 Å². The Morgan fingerprint density at radius 1 is 1.23 bits per heavy atom. The number of benzene rings is 1. The molecule has 1 aliphatic heterocycles. The fourth-order valence-electron chi connectivity index (χ4n) is 1.90. The Hall–Kier alpha value is -2.12. The smallest absolute Gasteiger partial charge is 0.239 e. The molecule has 114 valence electrons. The van der Waals surface area contributed by atoms with Gasteiger partial charge >= 0.3 is 0 Å². The molecule has 1 N–H and O–H groups in total. The second kappa shape index (κ2) is 6.33. The molecule has 3 rings (SSSR count). The van der Waals surface area contributed by atoms with E-state index in [0.717, 1.165) is 15.8 Å². The zero-order valence-electron chi connectivity index (χ0n) is 11.9. The maximum absolute atomic E-state index is 6.01. The Labute approximate surface area is 136 Å². The van der Waals surface area contributed by atoms with Gasteiger partial charge in [0.25, 0.3) is 0 Å². The Kier molecular flexibility index (Phi) is 4.26. The number of pyridine rings is 1. The first-order chi connectivity index (χ1) is 10.7. The zero-order valence-corrected chi connectivity index (χ0v) is 13.5. The third-order valence-corrected chi connectivity index (χ3v) is 4.06. The summed E-state index contributed by atoms with van der Waals surface area (Å²) < 4.78 is 11.9. The van der Waals surface area contributed by atoms with Gasteiger partial charge in [0.15, 0.2) is 0 Å². The molecule has 6 nitrogen and oxygen atoms in total. The van der Waals surface area contributed by atoms with Crippen molar-refractivity contribution >= 4 is 40.3 Å². The lowest BCUT2D eigenvalue weighted by Gasteiger charge is -2.24. The summed E-state index contributed by atoms with van der Waals surface area (Å²) in [5, 5.41) is 5.94. The van der Waals surface area contributed by atoms with E-state index in [1.165, 1.54) is 11.9 Å². The number of methoxy groups -OCH3 is 2. The van der Waals surface area contributed by atoms with Crippen molar-refractivity contribution in [3.05, 3.63) is 47.4 Å². The zero-order chi connectivity index (χ0) is 15.5. The van der Waals surface area contributed by atoms with Crippen LogP contribution in [0.3, 0.4) is 0 Å². The maximum Gasteiger partial charge on any atom is 0.239 e. The molecule has 22 heavy (non-hydrogen) atoms. The predicted molar refractivity (Wildman–Crippen MR) is 87.1 cm³/mol. The summed E-state index contributed by atoms with van der Waals surface area (Å²) in [4.78, 5) is 5.30. The van der Waals surface area contributed by atoms with E-state index in [1.807, 2.05) is 24.3 Å². The van der Waals surface area contributed by atoms with Gasteiger partial charge in [0.05, 0.1) is 25.8 Å². The molecule has 0 unspecified atom stereocenters. The number of hydrazone groups is 1. The molecular formula is C14H13ClN4O2S. The Morgan fingerprint density at radius 2 is 2.09 bits per heavy atom. The summed E-state index contributed by atoms with van der Waals surface area (Å²) in [5.74, 6) is 0.991. The average Bonchev–Trinajstić information content (AvgIpc) is 2.54. The van der Waals surface area contributed by atoms with Crippen molar-refractivity contribution in [2.24, 2.45) is 5.10 Å². The van der Waals surface area contributed by atoms with Crippen LogP contribution in [0.4, 0.5) is 0 Å². The van der Waals surface area contributed by atoms with Crippen molar-refractivity contribution < 1.29 is 9.47 Å².